The summed E-state index contributed by atoms with van der Waals surface area (Å²) in [6.45, 7) is 8.25. The molecule has 0 saturated carbocycles. The highest BCUT2D eigenvalue weighted by atomic mass is 35.5. The predicted molar refractivity (Wildman–Crippen MR) is 83.7 cm³/mol. The number of ether oxygens (including phenoxy) is 1. The van der Waals surface area contributed by atoms with Gasteiger partial charge >= 0.3 is 7.75 Å². The van der Waals surface area contributed by atoms with Crippen LogP contribution in [0.25, 0.3) is 0 Å². The van der Waals surface area contributed by atoms with Crippen molar-refractivity contribution in [2.24, 2.45) is 11.0 Å². The second kappa shape index (κ2) is 7.61. The largest absolute Gasteiger partial charge is 0.489 e. The van der Waals surface area contributed by atoms with Crippen LogP contribution in [-0.4, -0.2) is 22.6 Å². The molecule has 0 saturated heterocycles. The smallest absolute Gasteiger partial charge is 0.443 e. The van der Waals surface area contributed by atoms with E-state index >= 15 is 0 Å². The first kappa shape index (κ1) is 17.7. The monoisotopic (exact) mass is 332 g/mol. The summed E-state index contributed by atoms with van der Waals surface area (Å²) in [7, 11) is -4.40. The number of benzene rings is 1. The van der Waals surface area contributed by atoms with Gasteiger partial charge in [-0.25, -0.2) is 9.76 Å². The first-order chi connectivity index (χ1) is 9.69. The maximum atomic E-state index is 10.7. The van der Waals surface area contributed by atoms with E-state index in [4.69, 9.17) is 26.1 Å². The Bertz CT molecular complexity index is 584. The molecular weight excluding hydrogens is 315 g/mol. The Labute approximate surface area is 128 Å². The van der Waals surface area contributed by atoms with Gasteiger partial charge in [-0.05, 0) is 29.7 Å². The Hall–Kier alpha value is -1.33. The van der Waals surface area contributed by atoms with Crippen molar-refractivity contribution in [2.45, 2.75) is 13.8 Å². The quantitative estimate of drug-likeness (QED) is 0.309. The van der Waals surface area contributed by atoms with Crippen molar-refractivity contribution in [2.75, 3.05) is 6.61 Å². The van der Waals surface area contributed by atoms with Gasteiger partial charge in [0.25, 0.3) is 0 Å². The summed E-state index contributed by atoms with van der Waals surface area (Å²) in [5.74, 6) is 0.748. The summed E-state index contributed by atoms with van der Waals surface area (Å²) in [4.78, 5) is 17.3. The van der Waals surface area contributed by atoms with E-state index in [9.17, 15) is 4.57 Å². The van der Waals surface area contributed by atoms with Crippen LogP contribution in [0, 0.1) is 5.92 Å². The van der Waals surface area contributed by atoms with Crippen molar-refractivity contribution in [3.8, 4) is 5.75 Å². The van der Waals surface area contributed by atoms with Crippen LogP contribution in [0.3, 0.4) is 0 Å². The van der Waals surface area contributed by atoms with E-state index in [1.165, 1.54) is 6.21 Å². The fourth-order valence-electron chi connectivity index (χ4n) is 1.25. The third-order valence-corrected chi connectivity index (χ3v) is 3.21. The van der Waals surface area contributed by atoms with E-state index < -0.39 is 7.75 Å². The van der Waals surface area contributed by atoms with Crippen LogP contribution in [-0.2, 0) is 4.57 Å². The van der Waals surface area contributed by atoms with E-state index in [2.05, 4.69) is 11.7 Å². The molecule has 0 aliphatic carbocycles. The highest BCUT2D eigenvalue weighted by Gasteiger charge is 2.10. The maximum Gasteiger partial charge on any atom is 0.443 e. The van der Waals surface area contributed by atoms with Crippen molar-refractivity contribution in [1.29, 1.82) is 0 Å². The normalized spacial score (nSPS) is 11.9. The van der Waals surface area contributed by atoms with E-state index in [1.807, 2.05) is 13.8 Å². The summed E-state index contributed by atoms with van der Waals surface area (Å²) in [6, 6.07) is 4.87. The van der Waals surface area contributed by atoms with Crippen LogP contribution in [0.5, 0.6) is 5.75 Å². The zero-order chi connectivity index (χ0) is 16.0. The van der Waals surface area contributed by atoms with Crippen molar-refractivity contribution in [3.63, 3.8) is 0 Å². The van der Waals surface area contributed by atoms with Crippen LogP contribution in [0.2, 0.25) is 5.02 Å². The molecule has 0 unspecified atom stereocenters. The van der Waals surface area contributed by atoms with Gasteiger partial charge in [-0.2, -0.15) is 5.10 Å². The first-order valence-electron chi connectivity index (χ1n) is 6.15. The topological polar surface area (TPSA) is 91.2 Å². The average molecular weight is 333 g/mol. The lowest BCUT2D eigenvalue weighted by Crippen LogP contribution is -2.07. The number of nitrogens with zero attached hydrogens (tertiary/aromatic N) is 1. The van der Waals surface area contributed by atoms with E-state index in [-0.39, 0.29) is 5.92 Å². The summed E-state index contributed by atoms with van der Waals surface area (Å²) in [5, 5.41) is 5.69. The second-order valence-corrected chi connectivity index (χ2v) is 6.41. The fourth-order valence-corrected chi connectivity index (χ4v) is 1.62. The molecule has 0 bridgehead atoms. The molecule has 21 heavy (non-hydrogen) atoms. The van der Waals surface area contributed by atoms with Crippen molar-refractivity contribution in [3.05, 3.63) is 40.9 Å². The van der Waals surface area contributed by atoms with Gasteiger partial charge in [0.2, 0.25) is 0 Å². The summed E-state index contributed by atoms with van der Waals surface area (Å²) in [6.07, 6.45) is 1.25. The molecule has 116 valence electrons. The Kier molecular flexibility index (Phi) is 6.42. The van der Waals surface area contributed by atoms with E-state index in [1.54, 1.807) is 23.4 Å². The zero-order valence-electron chi connectivity index (χ0n) is 11.8. The number of hydrogen-bond donors (Lipinski definition) is 3. The number of hydrogen-bond acceptors (Lipinski definition) is 3. The van der Waals surface area contributed by atoms with Crippen LogP contribution in [0.4, 0.5) is 0 Å². The molecule has 0 aliphatic rings. The minimum Gasteiger partial charge on any atom is -0.489 e. The third-order valence-electron chi connectivity index (χ3n) is 2.60. The van der Waals surface area contributed by atoms with E-state index in [0.717, 1.165) is 5.57 Å². The van der Waals surface area contributed by atoms with E-state index in [0.29, 0.717) is 22.9 Å². The highest BCUT2D eigenvalue weighted by molar-refractivity contribution is 7.49. The summed E-state index contributed by atoms with van der Waals surface area (Å²) in [5.41, 5.74) is 1.46. The Morgan fingerprint density at radius 2 is 2.24 bits per heavy atom. The molecule has 8 heteroatoms. The Morgan fingerprint density at radius 1 is 1.57 bits per heavy atom. The molecule has 0 aliphatic heterocycles. The van der Waals surface area contributed by atoms with Gasteiger partial charge in [-0.15, -0.1) is 0 Å². The van der Waals surface area contributed by atoms with Crippen molar-refractivity contribution >= 4 is 25.6 Å². The van der Waals surface area contributed by atoms with Gasteiger partial charge in [-0.1, -0.05) is 32.0 Å². The van der Waals surface area contributed by atoms with Gasteiger partial charge < -0.3 is 14.5 Å². The molecule has 0 amide bonds. The highest BCUT2D eigenvalue weighted by Crippen LogP contribution is 2.28. The van der Waals surface area contributed by atoms with Gasteiger partial charge in [0.1, 0.15) is 12.4 Å². The number of rotatable bonds is 7. The molecule has 0 fully saturated rings. The van der Waals surface area contributed by atoms with Crippen LogP contribution < -0.4 is 9.93 Å². The standard InChI is InChI=1S/C13H18ClN2O4P/c1-9(2)10(3)8-20-13-6-12(14)5-4-11(13)7-15-16-21(17,18)19/h4-7,9H,3,8H2,1-2H3,(H3,16,17,18,19)/b15-7+. The molecule has 1 aromatic carbocycles. The molecule has 0 heterocycles. The first-order valence-corrected chi connectivity index (χ1v) is 8.14. The third kappa shape index (κ3) is 6.78. The minimum absolute atomic E-state index is 0.289. The fraction of sp³-hybridized carbons (Fsp3) is 0.308. The van der Waals surface area contributed by atoms with Gasteiger partial charge in [0, 0.05) is 10.6 Å². The van der Waals surface area contributed by atoms with Gasteiger partial charge in [0.05, 0.1) is 6.21 Å². The van der Waals surface area contributed by atoms with Crippen LogP contribution in [0.15, 0.2) is 35.5 Å². The molecular formula is C13H18ClN2O4P. The maximum absolute atomic E-state index is 10.7. The van der Waals surface area contributed by atoms with Crippen LogP contribution >= 0.6 is 19.3 Å². The van der Waals surface area contributed by atoms with Gasteiger partial charge in [0.15, 0.2) is 0 Å². The Balaban J connectivity index is 2.85. The lowest BCUT2D eigenvalue weighted by atomic mass is 10.1. The average Bonchev–Trinajstić information content (AvgIpc) is 2.36. The molecule has 0 atom stereocenters. The summed E-state index contributed by atoms with van der Waals surface area (Å²) < 4.78 is 16.3. The molecule has 0 radical (unpaired) electrons. The molecule has 6 nitrogen and oxygen atoms in total. The predicted octanol–water partition coefficient (Wildman–Crippen LogP) is 2.95. The van der Waals surface area contributed by atoms with Gasteiger partial charge in [-0.3, -0.25) is 0 Å². The molecule has 3 N–H and O–H groups in total. The molecule has 1 aromatic rings. The van der Waals surface area contributed by atoms with Crippen molar-refractivity contribution < 1.29 is 19.1 Å². The Morgan fingerprint density at radius 3 is 2.81 bits per heavy atom. The minimum atomic E-state index is -4.40. The molecule has 1 rings (SSSR count). The molecule has 0 aromatic heterocycles. The van der Waals surface area contributed by atoms with Crippen LogP contribution in [0.1, 0.15) is 19.4 Å². The number of hydrazone groups is 1. The zero-order valence-corrected chi connectivity index (χ0v) is 13.4. The SMILES string of the molecule is C=C(COc1cc(Cl)ccc1/C=N/NP(=O)(O)O)C(C)C. The molecule has 0 spiro atoms. The summed E-state index contributed by atoms with van der Waals surface area (Å²) >= 11 is 5.91. The number of nitrogens with one attached hydrogen (secondary N) is 1. The number of halogens is 1. The van der Waals surface area contributed by atoms with Crippen molar-refractivity contribution in [1.82, 2.24) is 5.20 Å². The second-order valence-electron chi connectivity index (χ2n) is 4.69. The lowest BCUT2D eigenvalue weighted by Gasteiger charge is -2.13. The lowest BCUT2D eigenvalue weighted by molar-refractivity contribution is 0.339.